The first-order valence-electron chi connectivity index (χ1n) is 12.7. The smallest absolute Gasteiger partial charge is 0.174 e. The molecule has 0 spiro atoms. The minimum absolute atomic E-state index is 0.178. The van der Waals surface area contributed by atoms with Gasteiger partial charge in [-0.05, 0) is 87.1 Å². The molecule has 2 aromatic carbocycles. The predicted octanol–water partition coefficient (Wildman–Crippen LogP) is 7.31. The van der Waals surface area contributed by atoms with E-state index in [2.05, 4.69) is 41.6 Å². The summed E-state index contributed by atoms with van der Waals surface area (Å²) in [7, 11) is 1.64. The minimum Gasteiger partial charge on any atom is -0.490 e. The van der Waals surface area contributed by atoms with Crippen LogP contribution >= 0.6 is 35.4 Å². The molecule has 202 valence electrons. The Balaban J connectivity index is 1.65. The van der Waals surface area contributed by atoms with Gasteiger partial charge in [0.15, 0.2) is 5.11 Å². The molecule has 0 amide bonds. The van der Waals surface area contributed by atoms with Crippen LogP contribution in [0.5, 0.6) is 5.75 Å². The average Bonchev–Trinajstić information content (AvgIpc) is 3.37. The van der Waals surface area contributed by atoms with Gasteiger partial charge in [0.25, 0.3) is 0 Å². The Morgan fingerprint density at radius 1 is 0.949 bits per heavy atom. The van der Waals surface area contributed by atoms with Crippen LogP contribution in [0.3, 0.4) is 0 Å². The molecule has 0 bridgehead atoms. The van der Waals surface area contributed by atoms with Crippen LogP contribution in [0.4, 0.5) is 5.69 Å². The van der Waals surface area contributed by atoms with E-state index in [1.165, 1.54) is 11.1 Å². The van der Waals surface area contributed by atoms with Crippen molar-refractivity contribution in [3.05, 3.63) is 105 Å². The van der Waals surface area contributed by atoms with Gasteiger partial charge in [-0.15, -0.1) is 0 Å². The molecular weight excluding hydrogens is 551 g/mol. The number of nitrogens with zero attached hydrogens (tertiary/aromatic N) is 3. The van der Waals surface area contributed by atoms with Crippen LogP contribution < -0.4 is 15.0 Å². The predicted molar refractivity (Wildman–Crippen MR) is 162 cm³/mol. The maximum atomic E-state index is 6.68. The zero-order valence-electron chi connectivity index (χ0n) is 22.2. The summed E-state index contributed by atoms with van der Waals surface area (Å²) in [5.74, 6) is 0.601. The third kappa shape index (κ3) is 5.24. The molecule has 1 fully saturated rings. The number of aromatic nitrogens is 2. The number of pyridine rings is 1. The van der Waals surface area contributed by atoms with E-state index in [0.717, 1.165) is 28.5 Å². The number of ether oxygens (including phenoxy) is 2. The van der Waals surface area contributed by atoms with Gasteiger partial charge < -0.3 is 24.3 Å². The molecule has 2 aromatic heterocycles. The van der Waals surface area contributed by atoms with Crippen LogP contribution in [0, 0.1) is 20.8 Å². The van der Waals surface area contributed by atoms with Gasteiger partial charge in [0.1, 0.15) is 12.4 Å². The molecule has 2 atom stereocenters. The molecule has 39 heavy (non-hydrogen) atoms. The highest BCUT2D eigenvalue weighted by molar-refractivity contribution is 7.80. The van der Waals surface area contributed by atoms with E-state index in [1.807, 2.05) is 60.8 Å². The maximum Gasteiger partial charge on any atom is 0.174 e. The van der Waals surface area contributed by atoms with Crippen molar-refractivity contribution in [3.63, 3.8) is 0 Å². The minimum atomic E-state index is -0.179. The summed E-state index contributed by atoms with van der Waals surface area (Å²) in [6.45, 7) is 7.33. The van der Waals surface area contributed by atoms with Crippen molar-refractivity contribution in [3.8, 4) is 11.4 Å². The van der Waals surface area contributed by atoms with E-state index in [0.29, 0.717) is 34.1 Å². The van der Waals surface area contributed by atoms with Crippen molar-refractivity contribution in [2.75, 3.05) is 25.2 Å². The van der Waals surface area contributed by atoms with Gasteiger partial charge in [-0.25, -0.2) is 0 Å². The molecule has 1 aliphatic heterocycles. The van der Waals surface area contributed by atoms with E-state index in [9.17, 15) is 0 Å². The molecule has 2 unspecified atom stereocenters. The number of nitrogens with one attached hydrogen (secondary N) is 1. The van der Waals surface area contributed by atoms with Gasteiger partial charge in [-0.1, -0.05) is 35.3 Å². The van der Waals surface area contributed by atoms with Crippen molar-refractivity contribution >= 4 is 46.2 Å². The van der Waals surface area contributed by atoms with Crippen molar-refractivity contribution in [2.45, 2.75) is 32.9 Å². The fourth-order valence-corrected chi connectivity index (χ4v) is 6.12. The first-order valence-corrected chi connectivity index (χ1v) is 13.8. The van der Waals surface area contributed by atoms with Gasteiger partial charge in [0.05, 0.1) is 29.4 Å². The Morgan fingerprint density at radius 2 is 1.77 bits per heavy atom. The number of benzene rings is 2. The second kappa shape index (κ2) is 11.6. The Hall–Kier alpha value is -3.10. The molecule has 6 nitrogen and oxygen atoms in total. The summed E-state index contributed by atoms with van der Waals surface area (Å²) < 4.78 is 13.1. The number of hydrogen-bond acceptors (Lipinski definition) is 4. The van der Waals surface area contributed by atoms with Crippen LogP contribution in [0.1, 0.15) is 40.3 Å². The second-order valence-electron chi connectivity index (χ2n) is 9.48. The molecule has 1 saturated heterocycles. The van der Waals surface area contributed by atoms with Crippen molar-refractivity contribution in [1.82, 2.24) is 14.9 Å². The highest BCUT2D eigenvalue weighted by Gasteiger charge is 2.43. The van der Waals surface area contributed by atoms with E-state index in [4.69, 9.17) is 49.9 Å². The largest absolute Gasteiger partial charge is 0.490 e. The summed E-state index contributed by atoms with van der Waals surface area (Å²) in [5, 5.41) is 5.35. The van der Waals surface area contributed by atoms with Crippen molar-refractivity contribution in [1.29, 1.82) is 0 Å². The van der Waals surface area contributed by atoms with E-state index < -0.39 is 0 Å². The molecule has 3 heterocycles. The average molecular weight is 582 g/mol. The van der Waals surface area contributed by atoms with Crippen LogP contribution in [-0.2, 0) is 4.74 Å². The third-order valence-electron chi connectivity index (χ3n) is 7.21. The highest BCUT2D eigenvalue weighted by atomic mass is 35.5. The Kier molecular flexibility index (Phi) is 8.14. The number of anilines is 1. The third-order valence-corrected chi connectivity index (χ3v) is 8.05. The Bertz CT molecular complexity index is 1510. The number of rotatable bonds is 8. The van der Waals surface area contributed by atoms with Crippen LogP contribution in [0.15, 0.2) is 66.9 Å². The van der Waals surface area contributed by atoms with Gasteiger partial charge in [0.2, 0.25) is 0 Å². The highest BCUT2D eigenvalue weighted by Crippen LogP contribution is 2.46. The zero-order valence-corrected chi connectivity index (χ0v) is 24.6. The standard InChI is InChI=1S/C30H30Cl2N4O2S/c1-18-19(2)35(22-9-7-8-21(31)16-22)20(3)27(18)29-28(25-10-5-6-13-33-25)34-30(39)36(29)23-11-12-26(24(32)17-23)38-15-14-37-4/h5-13,16-17,28-29H,14-15H2,1-4H3,(H,34,39). The maximum absolute atomic E-state index is 6.68. The first kappa shape index (κ1) is 27.5. The number of hydrogen-bond donors (Lipinski definition) is 1. The summed E-state index contributed by atoms with van der Waals surface area (Å²) >= 11 is 19.0. The monoisotopic (exact) mass is 580 g/mol. The second-order valence-corrected chi connectivity index (χ2v) is 10.7. The lowest BCUT2D eigenvalue weighted by atomic mass is 9.93. The Labute approximate surface area is 244 Å². The first-order chi connectivity index (χ1) is 18.8. The summed E-state index contributed by atoms with van der Waals surface area (Å²) in [5.41, 5.74) is 7.40. The topological polar surface area (TPSA) is 51.6 Å². The molecule has 0 aliphatic carbocycles. The molecule has 1 aliphatic rings. The molecule has 9 heteroatoms. The molecule has 4 aromatic rings. The van der Waals surface area contributed by atoms with Crippen LogP contribution in [0.2, 0.25) is 10.0 Å². The summed E-state index contributed by atoms with van der Waals surface area (Å²) in [6, 6.07) is 19.3. The van der Waals surface area contributed by atoms with E-state index in [1.54, 1.807) is 7.11 Å². The summed E-state index contributed by atoms with van der Waals surface area (Å²) in [6.07, 6.45) is 1.81. The number of halogens is 2. The van der Waals surface area contributed by atoms with Gasteiger partial charge in [0, 0.05) is 46.7 Å². The normalized spacial score (nSPS) is 17.0. The van der Waals surface area contributed by atoms with E-state index in [-0.39, 0.29) is 12.1 Å². The molecule has 5 rings (SSSR count). The lowest BCUT2D eigenvalue weighted by Crippen LogP contribution is -2.29. The SMILES string of the molecule is COCCOc1ccc(N2C(=S)NC(c3ccccn3)C2c2c(C)c(C)n(-c3cccc(Cl)c3)c2C)cc1Cl. The Morgan fingerprint density at radius 3 is 2.46 bits per heavy atom. The van der Waals surface area contributed by atoms with Crippen LogP contribution in [0.25, 0.3) is 5.69 Å². The fourth-order valence-electron chi connectivity index (χ4n) is 5.36. The molecule has 0 radical (unpaired) electrons. The van der Waals surface area contributed by atoms with Crippen molar-refractivity contribution < 1.29 is 9.47 Å². The van der Waals surface area contributed by atoms with E-state index >= 15 is 0 Å². The van der Waals surface area contributed by atoms with Gasteiger partial charge in [-0.2, -0.15) is 0 Å². The quantitative estimate of drug-likeness (QED) is 0.174. The zero-order chi connectivity index (χ0) is 27.7. The van der Waals surface area contributed by atoms with Gasteiger partial charge >= 0.3 is 0 Å². The van der Waals surface area contributed by atoms with Crippen LogP contribution in [-0.4, -0.2) is 35.0 Å². The molecular formula is C30H30Cl2N4O2S. The fraction of sp³-hybridized carbons (Fsp3) is 0.267. The molecule has 1 N–H and O–H groups in total. The number of methoxy groups -OCH3 is 1. The molecule has 0 saturated carbocycles. The lowest BCUT2D eigenvalue weighted by molar-refractivity contribution is 0.146. The number of thiocarbonyl (C=S) groups is 1. The summed E-state index contributed by atoms with van der Waals surface area (Å²) in [4.78, 5) is 6.84. The lowest BCUT2D eigenvalue weighted by Gasteiger charge is -2.29. The van der Waals surface area contributed by atoms with Gasteiger partial charge in [-0.3, -0.25) is 4.98 Å². The van der Waals surface area contributed by atoms with Crippen molar-refractivity contribution in [2.24, 2.45) is 0 Å².